The molecule has 0 saturated carbocycles. The molecule has 110 valence electrons. The Morgan fingerprint density at radius 1 is 0.947 bits per heavy atom. The third-order valence-electron chi connectivity index (χ3n) is 3.99. The van der Waals surface area contributed by atoms with Crippen LogP contribution in [0.5, 0.6) is 0 Å². The molecule has 0 aromatic carbocycles. The van der Waals surface area contributed by atoms with Crippen LogP contribution < -0.4 is 5.73 Å². The molecule has 0 spiro atoms. The first-order chi connectivity index (χ1) is 9.12. The first kappa shape index (κ1) is 16.0. The molecule has 1 atom stereocenters. The Hall–Kier alpha value is -1.06. The zero-order chi connectivity index (χ0) is 14.1. The molecule has 3 N–H and O–H groups in total. The van der Waals surface area contributed by atoms with Crippen molar-refractivity contribution >= 4 is 5.95 Å². The number of nitrogens with one attached hydrogen (secondary N) is 1. The summed E-state index contributed by atoms with van der Waals surface area (Å²) in [6.45, 7) is 6.78. The average molecular weight is 266 g/mol. The van der Waals surface area contributed by atoms with Gasteiger partial charge in [-0.25, -0.2) is 0 Å². The summed E-state index contributed by atoms with van der Waals surface area (Å²) < 4.78 is 0. The van der Waals surface area contributed by atoms with Crippen molar-refractivity contribution in [3.8, 4) is 0 Å². The molecule has 0 aliphatic rings. The number of nitrogen functional groups attached to an aromatic ring is 1. The van der Waals surface area contributed by atoms with E-state index in [-0.39, 0.29) is 5.41 Å². The maximum Gasteiger partial charge on any atom is 0.219 e. The van der Waals surface area contributed by atoms with E-state index in [1.807, 2.05) is 0 Å². The molecule has 0 aliphatic carbocycles. The van der Waals surface area contributed by atoms with Crippen molar-refractivity contribution < 1.29 is 0 Å². The van der Waals surface area contributed by atoms with E-state index in [1.54, 1.807) is 0 Å². The van der Waals surface area contributed by atoms with Crippen molar-refractivity contribution in [2.45, 2.75) is 84.0 Å². The fourth-order valence-corrected chi connectivity index (χ4v) is 2.59. The van der Waals surface area contributed by atoms with Crippen molar-refractivity contribution in [2.75, 3.05) is 5.73 Å². The van der Waals surface area contributed by atoms with Gasteiger partial charge < -0.3 is 10.7 Å². The second-order valence-electron chi connectivity index (χ2n) is 5.89. The van der Waals surface area contributed by atoms with Gasteiger partial charge in [-0.2, -0.15) is 0 Å². The lowest BCUT2D eigenvalue weighted by Gasteiger charge is -2.27. The lowest BCUT2D eigenvalue weighted by molar-refractivity contribution is 0.350. The number of rotatable bonds is 10. The summed E-state index contributed by atoms with van der Waals surface area (Å²) in [5, 5.41) is 8.15. The molecule has 4 nitrogen and oxygen atoms in total. The van der Waals surface area contributed by atoms with E-state index >= 15 is 0 Å². The molecular weight excluding hydrogens is 236 g/mol. The van der Waals surface area contributed by atoms with E-state index in [1.165, 1.54) is 51.4 Å². The van der Waals surface area contributed by atoms with E-state index in [4.69, 9.17) is 5.73 Å². The molecule has 4 heteroatoms. The normalized spacial score (nSPS) is 14.5. The topological polar surface area (TPSA) is 67.6 Å². The molecule has 0 bridgehead atoms. The minimum absolute atomic E-state index is 0.104. The lowest BCUT2D eigenvalue weighted by Crippen LogP contribution is -2.24. The van der Waals surface area contributed by atoms with Gasteiger partial charge in [0, 0.05) is 5.41 Å². The highest BCUT2D eigenvalue weighted by Gasteiger charge is 2.29. The maximum atomic E-state index is 5.67. The minimum atomic E-state index is 0.104. The molecule has 1 aromatic rings. The van der Waals surface area contributed by atoms with Gasteiger partial charge in [-0.1, -0.05) is 65.7 Å². The molecule has 1 heterocycles. The van der Waals surface area contributed by atoms with Crippen LogP contribution in [0, 0.1) is 0 Å². The minimum Gasteiger partial charge on any atom is -0.368 e. The van der Waals surface area contributed by atoms with Gasteiger partial charge in [0.1, 0.15) is 5.82 Å². The smallest absolute Gasteiger partial charge is 0.219 e. The van der Waals surface area contributed by atoms with Crippen LogP contribution in [0.4, 0.5) is 5.95 Å². The van der Waals surface area contributed by atoms with Gasteiger partial charge in [-0.05, 0) is 12.8 Å². The monoisotopic (exact) mass is 266 g/mol. The quantitative estimate of drug-likeness (QED) is 0.624. The third kappa shape index (κ3) is 5.21. The van der Waals surface area contributed by atoms with Gasteiger partial charge in [0.2, 0.25) is 5.95 Å². The fourth-order valence-electron chi connectivity index (χ4n) is 2.59. The predicted octanol–water partition coefficient (Wildman–Crippen LogP) is 4.20. The number of nitrogens with two attached hydrogens (primary N) is 1. The summed E-state index contributed by atoms with van der Waals surface area (Å²) in [5.74, 6) is 1.40. The summed E-state index contributed by atoms with van der Waals surface area (Å²) in [7, 11) is 0. The van der Waals surface area contributed by atoms with E-state index < -0.39 is 0 Å². The fraction of sp³-hybridized carbons (Fsp3) is 0.867. The third-order valence-corrected chi connectivity index (χ3v) is 3.99. The van der Waals surface area contributed by atoms with Crippen LogP contribution in [-0.4, -0.2) is 15.2 Å². The SMILES string of the molecule is CCCCCCCC(C)(CCCC)c1nnc(N)[nH]1. The highest BCUT2D eigenvalue weighted by molar-refractivity contribution is 5.17. The van der Waals surface area contributed by atoms with E-state index in [2.05, 4.69) is 36.0 Å². The van der Waals surface area contributed by atoms with Gasteiger partial charge in [-0.3, -0.25) is 0 Å². The van der Waals surface area contributed by atoms with Crippen molar-refractivity contribution in [2.24, 2.45) is 0 Å². The van der Waals surface area contributed by atoms with Gasteiger partial charge in [0.15, 0.2) is 0 Å². The largest absolute Gasteiger partial charge is 0.368 e. The Bertz CT molecular complexity index is 348. The maximum absolute atomic E-state index is 5.67. The Morgan fingerprint density at radius 2 is 1.58 bits per heavy atom. The average Bonchev–Trinajstić information content (AvgIpc) is 2.83. The molecule has 0 fully saturated rings. The van der Waals surface area contributed by atoms with E-state index in [9.17, 15) is 0 Å². The molecular formula is C15H30N4. The molecule has 0 radical (unpaired) electrons. The first-order valence-electron chi connectivity index (χ1n) is 7.81. The number of nitrogens with zero attached hydrogens (tertiary/aromatic N) is 2. The highest BCUT2D eigenvalue weighted by atomic mass is 15.3. The van der Waals surface area contributed by atoms with E-state index in [0.29, 0.717) is 5.95 Å². The standard InChI is InChI=1S/C15H30N4/c1-4-6-8-9-10-12-15(3,11-7-5-2)13-17-14(16)19-18-13/h4-12H2,1-3H3,(H3,16,17,18,19). The van der Waals surface area contributed by atoms with Crippen LogP contribution in [-0.2, 0) is 5.41 Å². The zero-order valence-corrected chi connectivity index (χ0v) is 12.8. The van der Waals surface area contributed by atoms with Crippen molar-refractivity contribution in [3.63, 3.8) is 0 Å². The number of aromatic amines is 1. The molecule has 0 amide bonds. The van der Waals surface area contributed by atoms with Crippen LogP contribution in [0.15, 0.2) is 0 Å². The number of unbranched alkanes of at least 4 members (excludes halogenated alkanes) is 5. The van der Waals surface area contributed by atoms with Crippen LogP contribution >= 0.6 is 0 Å². The first-order valence-corrected chi connectivity index (χ1v) is 7.81. The molecule has 1 rings (SSSR count). The van der Waals surface area contributed by atoms with Gasteiger partial charge >= 0.3 is 0 Å². The number of hydrogen-bond donors (Lipinski definition) is 2. The Balaban J connectivity index is 2.54. The summed E-state index contributed by atoms with van der Waals surface area (Å²) in [5.41, 5.74) is 5.77. The number of hydrogen-bond acceptors (Lipinski definition) is 3. The van der Waals surface area contributed by atoms with E-state index in [0.717, 1.165) is 12.2 Å². The van der Waals surface area contributed by atoms with Crippen molar-refractivity contribution in [1.29, 1.82) is 0 Å². The van der Waals surface area contributed by atoms with Crippen molar-refractivity contribution in [1.82, 2.24) is 15.2 Å². The van der Waals surface area contributed by atoms with Crippen LogP contribution in [0.25, 0.3) is 0 Å². The summed E-state index contributed by atoms with van der Waals surface area (Å²) in [4.78, 5) is 3.13. The molecule has 0 aliphatic heterocycles. The molecule has 1 unspecified atom stereocenters. The Morgan fingerprint density at radius 3 is 2.16 bits per heavy atom. The molecule has 0 saturated heterocycles. The lowest BCUT2D eigenvalue weighted by atomic mass is 9.79. The van der Waals surface area contributed by atoms with Crippen LogP contribution in [0.2, 0.25) is 0 Å². The van der Waals surface area contributed by atoms with Crippen LogP contribution in [0.3, 0.4) is 0 Å². The highest BCUT2D eigenvalue weighted by Crippen LogP contribution is 2.33. The van der Waals surface area contributed by atoms with Gasteiger partial charge in [0.25, 0.3) is 0 Å². The number of aromatic nitrogens is 3. The summed E-state index contributed by atoms with van der Waals surface area (Å²) >= 11 is 0. The predicted molar refractivity (Wildman–Crippen MR) is 81.0 cm³/mol. The molecule has 19 heavy (non-hydrogen) atoms. The van der Waals surface area contributed by atoms with Crippen molar-refractivity contribution in [3.05, 3.63) is 5.82 Å². The summed E-state index contributed by atoms with van der Waals surface area (Å²) in [6.07, 6.45) is 11.4. The van der Waals surface area contributed by atoms with Crippen LogP contribution in [0.1, 0.15) is 84.4 Å². The second-order valence-corrected chi connectivity index (χ2v) is 5.89. The molecule has 1 aromatic heterocycles. The Labute approximate surface area is 117 Å². The zero-order valence-electron chi connectivity index (χ0n) is 12.8. The number of anilines is 1. The Kier molecular flexibility index (Phi) is 6.89. The van der Waals surface area contributed by atoms with Gasteiger partial charge in [0.05, 0.1) is 0 Å². The second kappa shape index (κ2) is 8.18. The summed E-state index contributed by atoms with van der Waals surface area (Å²) in [6, 6.07) is 0. The van der Waals surface area contributed by atoms with Gasteiger partial charge in [-0.15, -0.1) is 10.2 Å². The number of H-pyrrole nitrogens is 1.